The molecule has 138 valence electrons. The quantitative estimate of drug-likeness (QED) is 0.521. The molecule has 0 N–H and O–H groups in total. The van der Waals surface area contributed by atoms with Crippen LogP contribution >= 0.6 is 0 Å². The summed E-state index contributed by atoms with van der Waals surface area (Å²) in [4.78, 5) is 0. The number of halogens is 6. The van der Waals surface area contributed by atoms with Crippen molar-refractivity contribution in [3.8, 4) is 11.5 Å². The van der Waals surface area contributed by atoms with E-state index in [0.717, 1.165) is 12.1 Å². The van der Waals surface area contributed by atoms with Crippen LogP contribution in [0.5, 0.6) is 11.5 Å². The van der Waals surface area contributed by atoms with E-state index in [0.29, 0.717) is 0 Å². The zero-order chi connectivity index (χ0) is 18.4. The minimum absolute atomic E-state index is 0.0786. The van der Waals surface area contributed by atoms with Crippen LogP contribution in [0.2, 0.25) is 0 Å². The second-order valence-corrected chi connectivity index (χ2v) is 4.49. The average molecular weight is 362 g/mol. The third kappa shape index (κ3) is 5.45. The highest BCUT2D eigenvalue weighted by molar-refractivity contribution is 5.52. The molecule has 0 radical (unpaired) electrons. The Morgan fingerprint density at radius 3 is 1.25 bits per heavy atom. The zero-order valence-corrected chi connectivity index (χ0v) is 12.9. The molecule has 0 fully saturated rings. The summed E-state index contributed by atoms with van der Waals surface area (Å²) in [7, 11) is 2.56. The molecule has 0 amide bonds. The Bertz CT molecular complexity index is 480. The van der Waals surface area contributed by atoms with Crippen LogP contribution in [0, 0.1) is 0 Å². The van der Waals surface area contributed by atoms with Crippen LogP contribution in [0.15, 0.2) is 12.1 Å². The summed E-state index contributed by atoms with van der Waals surface area (Å²) < 4.78 is 98.2. The molecule has 1 aromatic carbocycles. The first-order valence-electron chi connectivity index (χ1n) is 6.67. The fraction of sp³-hybridized carbons (Fsp3) is 0.571. The maximum Gasteiger partial charge on any atom is 0.420 e. The number of hydrogen-bond donors (Lipinski definition) is 0. The second-order valence-electron chi connectivity index (χ2n) is 4.49. The van der Waals surface area contributed by atoms with E-state index in [1.165, 1.54) is 14.2 Å². The Morgan fingerprint density at radius 1 is 0.667 bits per heavy atom. The predicted molar refractivity (Wildman–Crippen MR) is 71.2 cm³/mol. The molecule has 0 atom stereocenters. The second kappa shape index (κ2) is 8.43. The van der Waals surface area contributed by atoms with Gasteiger partial charge >= 0.3 is 12.4 Å². The number of hydrogen-bond acceptors (Lipinski definition) is 4. The van der Waals surface area contributed by atoms with Gasteiger partial charge in [-0.25, -0.2) is 0 Å². The lowest BCUT2D eigenvalue weighted by Gasteiger charge is -2.22. The van der Waals surface area contributed by atoms with Gasteiger partial charge in [0.15, 0.2) is 0 Å². The molecule has 0 saturated carbocycles. The van der Waals surface area contributed by atoms with Crippen LogP contribution in [0.4, 0.5) is 26.3 Å². The van der Waals surface area contributed by atoms with Gasteiger partial charge in [0.25, 0.3) is 0 Å². The third-order valence-corrected chi connectivity index (χ3v) is 2.79. The van der Waals surface area contributed by atoms with Crippen molar-refractivity contribution in [1.29, 1.82) is 0 Å². The zero-order valence-electron chi connectivity index (χ0n) is 12.9. The van der Waals surface area contributed by atoms with Gasteiger partial charge in [0.05, 0.1) is 13.2 Å². The largest absolute Gasteiger partial charge is 0.491 e. The standard InChI is InChI=1S/C14H16F6O4/c1-21-5-7-23-9-3-4-10(24-8-6-22-2)12(14(18,19)20)11(9)13(15,16)17/h3-4H,5-8H2,1-2H3. The van der Waals surface area contributed by atoms with Gasteiger partial charge in [-0.15, -0.1) is 0 Å². The molecule has 0 saturated heterocycles. The van der Waals surface area contributed by atoms with E-state index in [1.807, 2.05) is 0 Å². The van der Waals surface area contributed by atoms with Gasteiger partial charge in [-0.1, -0.05) is 0 Å². The number of alkyl halides is 6. The molecule has 0 unspecified atom stereocenters. The molecule has 4 nitrogen and oxygen atoms in total. The first-order chi connectivity index (χ1) is 11.1. The summed E-state index contributed by atoms with van der Waals surface area (Å²) in [5.41, 5.74) is -3.86. The Hall–Kier alpha value is -1.68. The van der Waals surface area contributed by atoms with Gasteiger partial charge in [0.1, 0.15) is 35.8 Å². The van der Waals surface area contributed by atoms with E-state index in [4.69, 9.17) is 9.47 Å². The Balaban J connectivity index is 3.38. The summed E-state index contributed by atoms with van der Waals surface area (Å²) in [6.07, 6.45) is -10.6. The average Bonchev–Trinajstić information content (AvgIpc) is 2.46. The molecule has 24 heavy (non-hydrogen) atoms. The van der Waals surface area contributed by atoms with E-state index < -0.39 is 35.0 Å². The molecule has 0 aliphatic heterocycles. The Kier molecular flexibility index (Phi) is 7.15. The monoisotopic (exact) mass is 362 g/mol. The fourth-order valence-corrected chi connectivity index (χ4v) is 1.84. The summed E-state index contributed by atoms with van der Waals surface area (Å²) >= 11 is 0. The van der Waals surface area contributed by atoms with E-state index in [2.05, 4.69) is 9.47 Å². The molecular weight excluding hydrogens is 346 g/mol. The first kappa shape index (κ1) is 20.4. The van der Waals surface area contributed by atoms with Crippen molar-refractivity contribution in [3.05, 3.63) is 23.3 Å². The molecule has 0 aromatic heterocycles. The lowest BCUT2D eigenvalue weighted by atomic mass is 10.0. The molecule has 0 aliphatic rings. The number of ether oxygens (including phenoxy) is 4. The van der Waals surface area contributed by atoms with Crippen LogP contribution in [0.3, 0.4) is 0 Å². The van der Waals surface area contributed by atoms with Gasteiger partial charge in [-0.2, -0.15) is 26.3 Å². The van der Waals surface area contributed by atoms with E-state index >= 15 is 0 Å². The third-order valence-electron chi connectivity index (χ3n) is 2.79. The normalized spacial score (nSPS) is 12.3. The topological polar surface area (TPSA) is 36.9 Å². The van der Waals surface area contributed by atoms with Crippen molar-refractivity contribution in [2.75, 3.05) is 40.6 Å². The maximum absolute atomic E-state index is 13.2. The summed E-state index contributed by atoms with van der Waals surface area (Å²) in [6, 6.07) is 1.58. The number of methoxy groups -OCH3 is 2. The highest BCUT2D eigenvalue weighted by Crippen LogP contribution is 2.49. The van der Waals surface area contributed by atoms with Crippen molar-refractivity contribution >= 4 is 0 Å². The minimum Gasteiger partial charge on any atom is -0.491 e. The van der Waals surface area contributed by atoms with Crippen molar-refractivity contribution in [2.45, 2.75) is 12.4 Å². The molecule has 0 bridgehead atoms. The highest BCUT2D eigenvalue weighted by atomic mass is 19.4. The highest BCUT2D eigenvalue weighted by Gasteiger charge is 2.48. The molecule has 1 aromatic rings. The lowest BCUT2D eigenvalue weighted by molar-refractivity contribution is -0.164. The van der Waals surface area contributed by atoms with E-state index in [1.54, 1.807) is 0 Å². The molecule has 0 aliphatic carbocycles. The summed E-state index contributed by atoms with van der Waals surface area (Å²) in [6.45, 7) is -0.822. The minimum atomic E-state index is -5.28. The molecule has 0 spiro atoms. The molecule has 10 heteroatoms. The Labute approximate surface area is 134 Å². The summed E-state index contributed by atoms with van der Waals surface area (Å²) in [5.74, 6) is -1.88. The van der Waals surface area contributed by atoms with Crippen molar-refractivity contribution in [3.63, 3.8) is 0 Å². The molecular formula is C14H16F6O4. The van der Waals surface area contributed by atoms with Gasteiger partial charge < -0.3 is 18.9 Å². The van der Waals surface area contributed by atoms with Crippen LogP contribution in [0.1, 0.15) is 11.1 Å². The van der Waals surface area contributed by atoms with Gasteiger partial charge in [-0.05, 0) is 12.1 Å². The Morgan fingerprint density at radius 2 is 1.00 bits per heavy atom. The predicted octanol–water partition coefficient (Wildman–Crippen LogP) is 3.77. The number of rotatable bonds is 8. The fourth-order valence-electron chi connectivity index (χ4n) is 1.84. The van der Waals surface area contributed by atoms with Crippen molar-refractivity contribution in [1.82, 2.24) is 0 Å². The van der Waals surface area contributed by atoms with Crippen LogP contribution in [-0.4, -0.2) is 40.6 Å². The summed E-state index contributed by atoms with van der Waals surface area (Å²) in [5, 5.41) is 0. The van der Waals surface area contributed by atoms with Crippen LogP contribution in [-0.2, 0) is 21.8 Å². The van der Waals surface area contributed by atoms with Crippen molar-refractivity contribution < 1.29 is 45.3 Å². The molecule has 1 rings (SSSR count). The maximum atomic E-state index is 13.2. The van der Waals surface area contributed by atoms with Crippen molar-refractivity contribution in [2.24, 2.45) is 0 Å². The smallest absolute Gasteiger partial charge is 0.420 e. The first-order valence-corrected chi connectivity index (χ1v) is 6.67. The van der Waals surface area contributed by atoms with E-state index in [9.17, 15) is 26.3 Å². The van der Waals surface area contributed by atoms with Crippen LogP contribution in [0.25, 0.3) is 0 Å². The lowest BCUT2D eigenvalue weighted by Crippen LogP contribution is -2.21. The number of benzene rings is 1. The van der Waals surface area contributed by atoms with Crippen LogP contribution < -0.4 is 9.47 Å². The van der Waals surface area contributed by atoms with E-state index in [-0.39, 0.29) is 26.4 Å². The van der Waals surface area contributed by atoms with Gasteiger partial charge in [0, 0.05) is 14.2 Å². The molecule has 0 heterocycles. The van der Waals surface area contributed by atoms with Gasteiger partial charge in [0.2, 0.25) is 0 Å². The SMILES string of the molecule is COCCOc1ccc(OCCOC)c(C(F)(F)F)c1C(F)(F)F. The van der Waals surface area contributed by atoms with Gasteiger partial charge in [-0.3, -0.25) is 0 Å².